The maximum atomic E-state index is 13.3. The number of carbonyl (C=O) groups excluding carboxylic acids is 1. The summed E-state index contributed by atoms with van der Waals surface area (Å²) in [6.07, 6.45) is 0.423. The molecule has 0 fully saturated rings. The van der Waals surface area contributed by atoms with Crippen LogP contribution in [-0.2, 0) is 0 Å². The average Bonchev–Trinajstić information content (AvgIpc) is 2.70. The summed E-state index contributed by atoms with van der Waals surface area (Å²) in [5, 5.41) is 10.9. The lowest BCUT2D eigenvalue weighted by atomic mass is 10.3. The fourth-order valence-corrected chi connectivity index (χ4v) is 1.18. The van der Waals surface area contributed by atoms with Crippen molar-refractivity contribution in [2.75, 3.05) is 0 Å². The van der Waals surface area contributed by atoms with E-state index in [2.05, 4.69) is 15.4 Å². The summed E-state index contributed by atoms with van der Waals surface area (Å²) in [6, 6.07) is 3.92. The molecule has 2 aromatic rings. The van der Waals surface area contributed by atoms with Gasteiger partial charge in [-0.15, -0.1) is 15.0 Å². The average molecular weight is 227 g/mol. The fraction of sp³-hybridized carbons (Fsp3) is 0. The van der Waals surface area contributed by atoms with Crippen molar-refractivity contribution in [2.45, 2.75) is 0 Å². The molecule has 0 saturated heterocycles. The molecule has 0 N–H and O–H groups in total. The Hall–Kier alpha value is -1.82. The van der Waals surface area contributed by atoms with E-state index in [0.717, 1.165) is 4.80 Å². The molecule has 0 bridgehead atoms. The molecule has 0 atom stereocenters. The molecule has 0 amide bonds. The summed E-state index contributed by atoms with van der Waals surface area (Å²) in [5.74, 6) is -0.663. The Morgan fingerprint density at radius 1 is 1.47 bits per heavy atom. The zero-order chi connectivity index (χ0) is 10.8. The van der Waals surface area contributed by atoms with Crippen molar-refractivity contribution in [1.29, 1.82) is 0 Å². The van der Waals surface area contributed by atoms with Crippen LogP contribution in [0.4, 0.5) is 4.39 Å². The van der Waals surface area contributed by atoms with E-state index in [-0.39, 0.29) is 11.5 Å². The van der Waals surface area contributed by atoms with Crippen molar-refractivity contribution >= 4 is 17.9 Å². The lowest BCUT2D eigenvalue weighted by molar-refractivity contribution is 0.111. The van der Waals surface area contributed by atoms with Crippen LogP contribution in [0.3, 0.4) is 0 Å². The van der Waals surface area contributed by atoms with Crippen LogP contribution in [0.5, 0.6) is 0 Å². The number of rotatable bonds is 2. The molecule has 1 aromatic heterocycles. The summed E-state index contributed by atoms with van der Waals surface area (Å²) in [5.41, 5.74) is 0.0445. The summed E-state index contributed by atoms with van der Waals surface area (Å²) in [4.78, 5) is 11.2. The Bertz CT molecular complexity index is 513. The van der Waals surface area contributed by atoms with Gasteiger partial charge in [-0.25, -0.2) is 4.39 Å². The van der Waals surface area contributed by atoms with Crippen molar-refractivity contribution in [3.8, 4) is 5.69 Å². The van der Waals surface area contributed by atoms with Gasteiger partial charge in [0.15, 0.2) is 12.1 Å². The molecule has 7 heteroatoms. The van der Waals surface area contributed by atoms with Gasteiger partial charge in [-0.05, 0) is 23.4 Å². The fourth-order valence-electron chi connectivity index (χ4n) is 1.01. The van der Waals surface area contributed by atoms with Gasteiger partial charge >= 0.3 is 0 Å². The van der Waals surface area contributed by atoms with E-state index in [1.807, 2.05) is 0 Å². The van der Waals surface area contributed by atoms with Crippen LogP contribution in [-0.4, -0.2) is 26.5 Å². The zero-order valence-corrected chi connectivity index (χ0v) is 8.02. The van der Waals surface area contributed by atoms with E-state index in [9.17, 15) is 9.18 Å². The molecule has 0 spiro atoms. The van der Waals surface area contributed by atoms with Gasteiger partial charge in [-0.3, -0.25) is 4.79 Å². The third kappa shape index (κ3) is 1.84. The molecular formula is C8H4ClFN4O. The number of hydrogen-bond donors (Lipinski definition) is 0. The van der Waals surface area contributed by atoms with Gasteiger partial charge in [0.25, 0.3) is 0 Å². The highest BCUT2D eigenvalue weighted by Gasteiger charge is 2.09. The van der Waals surface area contributed by atoms with Gasteiger partial charge in [-0.1, -0.05) is 11.6 Å². The van der Waals surface area contributed by atoms with Crippen molar-refractivity contribution in [1.82, 2.24) is 20.2 Å². The van der Waals surface area contributed by atoms with Gasteiger partial charge in [0, 0.05) is 5.02 Å². The molecule has 2 rings (SSSR count). The number of carbonyl (C=O) groups is 1. The van der Waals surface area contributed by atoms with Gasteiger partial charge in [0.05, 0.1) is 0 Å². The summed E-state index contributed by atoms with van der Waals surface area (Å²) in [7, 11) is 0. The number of nitrogens with zero attached hydrogens (tertiary/aromatic N) is 4. The normalized spacial score (nSPS) is 10.3. The van der Waals surface area contributed by atoms with Crippen LogP contribution in [0, 0.1) is 5.82 Å². The van der Waals surface area contributed by atoms with Crippen molar-refractivity contribution in [2.24, 2.45) is 0 Å². The standard InChI is InChI=1S/C8H4ClFN4O/c9-5-1-2-6(10)7(3-5)14-12-8(4-15)11-13-14/h1-4H. The first-order valence-corrected chi connectivity index (χ1v) is 4.29. The summed E-state index contributed by atoms with van der Waals surface area (Å²) in [6.45, 7) is 0. The Morgan fingerprint density at radius 2 is 2.27 bits per heavy atom. The molecule has 1 aromatic carbocycles. The first-order valence-electron chi connectivity index (χ1n) is 3.91. The maximum Gasteiger partial charge on any atom is 0.237 e. The first-order chi connectivity index (χ1) is 7.20. The minimum Gasteiger partial charge on any atom is -0.294 e. The second-order valence-electron chi connectivity index (χ2n) is 2.65. The molecule has 0 aliphatic carbocycles. The minimum atomic E-state index is -0.547. The number of aromatic nitrogens is 4. The topological polar surface area (TPSA) is 60.7 Å². The molecule has 5 nitrogen and oxygen atoms in total. The molecule has 0 saturated carbocycles. The maximum absolute atomic E-state index is 13.3. The monoisotopic (exact) mass is 226 g/mol. The molecule has 1 heterocycles. The molecule has 0 radical (unpaired) electrons. The van der Waals surface area contributed by atoms with Crippen LogP contribution in [0.1, 0.15) is 10.6 Å². The molecule has 15 heavy (non-hydrogen) atoms. The van der Waals surface area contributed by atoms with Gasteiger partial charge in [-0.2, -0.15) is 0 Å². The summed E-state index contributed by atoms with van der Waals surface area (Å²) < 4.78 is 13.3. The predicted octanol–water partition coefficient (Wildman–Crippen LogP) is 1.27. The number of benzene rings is 1. The summed E-state index contributed by atoms with van der Waals surface area (Å²) >= 11 is 5.68. The molecule has 76 valence electrons. The Labute approximate surface area is 88.5 Å². The molecule has 0 aliphatic heterocycles. The minimum absolute atomic E-state index is 0.0445. The predicted molar refractivity (Wildman–Crippen MR) is 49.5 cm³/mol. The Morgan fingerprint density at radius 3 is 2.93 bits per heavy atom. The molecule has 0 unspecified atom stereocenters. The smallest absolute Gasteiger partial charge is 0.237 e. The van der Waals surface area contributed by atoms with E-state index in [4.69, 9.17) is 11.6 Å². The Balaban J connectivity index is 2.52. The number of halogens is 2. The third-order valence-electron chi connectivity index (χ3n) is 1.66. The van der Waals surface area contributed by atoms with Crippen LogP contribution < -0.4 is 0 Å². The highest BCUT2D eigenvalue weighted by Crippen LogP contribution is 2.16. The van der Waals surface area contributed by atoms with Crippen molar-refractivity contribution in [3.63, 3.8) is 0 Å². The van der Waals surface area contributed by atoms with Crippen LogP contribution >= 0.6 is 11.6 Å². The van der Waals surface area contributed by atoms with Crippen molar-refractivity contribution in [3.05, 3.63) is 34.9 Å². The van der Waals surface area contributed by atoms with E-state index in [1.165, 1.54) is 18.2 Å². The number of tetrazole rings is 1. The van der Waals surface area contributed by atoms with E-state index in [1.54, 1.807) is 0 Å². The van der Waals surface area contributed by atoms with E-state index in [0.29, 0.717) is 11.3 Å². The van der Waals surface area contributed by atoms with Crippen molar-refractivity contribution < 1.29 is 9.18 Å². The zero-order valence-electron chi connectivity index (χ0n) is 7.26. The molecular weight excluding hydrogens is 223 g/mol. The third-order valence-corrected chi connectivity index (χ3v) is 1.89. The highest BCUT2D eigenvalue weighted by molar-refractivity contribution is 6.30. The van der Waals surface area contributed by atoms with E-state index < -0.39 is 5.82 Å². The first kappa shape index (κ1) is 9.72. The second kappa shape index (κ2) is 3.74. The van der Waals surface area contributed by atoms with Gasteiger partial charge < -0.3 is 0 Å². The lowest BCUT2D eigenvalue weighted by Crippen LogP contribution is -2.02. The van der Waals surface area contributed by atoms with Gasteiger partial charge in [0.2, 0.25) is 5.82 Å². The van der Waals surface area contributed by atoms with Crippen LogP contribution in [0.15, 0.2) is 18.2 Å². The highest BCUT2D eigenvalue weighted by atomic mass is 35.5. The van der Waals surface area contributed by atoms with Crippen LogP contribution in [0.25, 0.3) is 5.69 Å². The Kier molecular flexibility index (Phi) is 2.42. The molecule has 0 aliphatic rings. The lowest BCUT2D eigenvalue weighted by Gasteiger charge is -1.99. The number of aldehydes is 1. The quantitative estimate of drug-likeness (QED) is 0.724. The largest absolute Gasteiger partial charge is 0.294 e. The SMILES string of the molecule is O=Cc1nnn(-c2cc(Cl)ccc2F)n1. The second-order valence-corrected chi connectivity index (χ2v) is 3.09. The van der Waals surface area contributed by atoms with Crippen LogP contribution in [0.2, 0.25) is 5.02 Å². The number of hydrogen-bond acceptors (Lipinski definition) is 4. The van der Waals surface area contributed by atoms with Gasteiger partial charge in [0.1, 0.15) is 5.69 Å². The van der Waals surface area contributed by atoms with E-state index >= 15 is 0 Å².